The quantitative estimate of drug-likeness (QED) is 0.257. The Balaban J connectivity index is 2.69. The number of nitrogens with one attached hydrogen (secondary N) is 1. The van der Waals surface area contributed by atoms with Crippen LogP contribution in [-0.2, 0) is 19.8 Å². The number of anilines is 2. The highest BCUT2D eigenvalue weighted by Gasteiger charge is 2.37. The van der Waals surface area contributed by atoms with Gasteiger partial charge in [-0.25, -0.2) is 0 Å². The maximum Gasteiger partial charge on any atom is 0.418 e. The fraction of sp³-hybridized carbons (Fsp3) is 0.400. The molecule has 0 saturated heterocycles. The van der Waals surface area contributed by atoms with E-state index in [4.69, 9.17) is 9.05 Å². The van der Waals surface area contributed by atoms with Crippen LogP contribution in [0.3, 0.4) is 0 Å². The first-order chi connectivity index (χ1) is 14.9. The highest BCUT2D eigenvalue weighted by molar-refractivity contribution is 7.53. The highest BCUT2D eigenvalue weighted by atomic mass is 31.2. The number of benzene rings is 2. The maximum absolute atomic E-state index is 13.7. The molecule has 0 aliphatic heterocycles. The molecule has 2 rings (SSSR count). The molecule has 0 fully saturated rings. The van der Waals surface area contributed by atoms with Crippen molar-refractivity contribution in [2.24, 2.45) is 0 Å². The molecular weight excluding hydrogens is 450 g/mol. The Kier molecular flexibility index (Phi) is 8.28. The molecule has 0 aliphatic carbocycles. The molecule has 0 aromatic heterocycles. The van der Waals surface area contributed by atoms with Gasteiger partial charge in [-0.05, 0) is 26.0 Å². The zero-order chi connectivity index (χ0) is 24.1. The summed E-state index contributed by atoms with van der Waals surface area (Å²) in [6.45, 7) is 3.23. The SMILES string of the molecule is CCOP(=O)(CNc1cc(-c2ccccc2N(C)C)c([N+](=O)[O-])cc1C(F)(F)F)OCC. The summed E-state index contributed by atoms with van der Waals surface area (Å²) < 4.78 is 64.2. The van der Waals surface area contributed by atoms with E-state index in [0.717, 1.165) is 6.07 Å². The van der Waals surface area contributed by atoms with E-state index < -0.39 is 41.9 Å². The van der Waals surface area contributed by atoms with Crippen molar-refractivity contribution in [2.75, 3.05) is 43.8 Å². The normalized spacial score (nSPS) is 12.0. The van der Waals surface area contributed by atoms with Gasteiger partial charge in [0.2, 0.25) is 0 Å². The van der Waals surface area contributed by atoms with Crippen LogP contribution in [-0.4, -0.2) is 38.5 Å². The molecule has 0 radical (unpaired) electrons. The minimum absolute atomic E-state index is 0.0162. The molecule has 176 valence electrons. The minimum atomic E-state index is -4.89. The summed E-state index contributed by atoms with van der Waals surface area (Å²) in [6.07, 6.45) is -5.43. The lowest BCUT2D eigenvalue weighted by molar-refractivity contribution is -0.384. The largest absolute Gasteiger partial charge is 0.418 e. The molecule has 0 amide bonds. The van der Waals surface area contributed by atoms with Gasteiger partial charge < -0.3 is 19.3 Å². The number of halogens is 3. The molecular formula is C20H25F3N3O5P. The first-order valence-electron chi connectivity index (χ1n) is 9.71. The average molecular weight is 475 g/mol. The summed E-state index contributed by atoms with van der Waals surface area (Å²) in [5, 5.41) is 14.2. The smallest absolute Gasteiger partial charge is 0.377 e. The third-order valence-electron chi connectivity index (χ3n) is 4.43. The molecule has 2 aromatic carbocycles. The topological polar surface area (TPSA) is 93.9 Å². The van der Waals surface area contributed by atoms with Crippen molar-refractivity contribution >= 4 is 24.7 Å². The van der Waals surface area contributed by atoms with Crippen LogP contribution in [0.5, 0.6) is 0 Å². The summed E-state index contributed by atoms with van der Waals surface area (Å²) >= 11 is 0. The average Bonchev–Trinajstić information content (AvgIpc) is 2.71. The van der Waals surface area contributed by atoms with Gasteiger partial charge in [-0.1, -0.05) is 18.2 Å². The number of alkyl halides is 3. The van der Waals surface area contributed by atoms with Crippen LogP contribution in [0.1, 0.15) is 19.4 Å². The maximum atomic E-state index is 13.7. The molecule has 0 unspecified atom stereocenters. The lowest BCUT2D eigenvalue weighted by Crippen LogP contribution is -2.15. The van der Waals surface area contributed by atoms with Crippen LogP contribution in [0.25, 0.3) is 11.1 Å². The zero-order valence-corrected chi connectivity index (χ0v) is 19.0. The molecule has 12 heteroatoms. The molecule has 1 N–H and O–H groups in total. The minimum Gasteiger partial charge on any atom is -0.377 e. The van der Waals surface area contributed by atoms with Crippen molar-refractivity contribution < 1.29 is 31.7 Å². The molecule has 0 bridgehead atoms. The van der Waals surface area contributed by atoms with Crippen LogP contribution in [0.15, 0.2) is 36.4 Å². The molecule has 32 heavy (non-hydrogen) atoms. The zero-order valence-electron chi connectivity index (χ0n) is 18.1. The molecule has 2 aromatic rings. The third kappa shape index (κ3) is 5.99. The van der Waals surface area contributed by atoms with E-state index in [-0.39, 0.29) is 18.8 Å². The standard InChI is InChI=1S/C20H25F3N3O5P/c1-5-30-32(29,31-6-2)13-24-17-11-15(14-9-7-8-10-18(14)25(3)4)19(26(27)28)12-16(17)20(21,22)23/h7-12,24H,5-6,13H2,1-4H3. The molecule has 8 nitrogen and oxygen atoms in total. The molecule has 0 heterocycles. The van der Waals surface area contributed by atoms with Crippen molar-refractivity contribution in [3.05, 3.63) is 52.1 Å². The van der Waals surface area contributed by atoms with Gasteiger partial charge in [-0.3, -0.25) is 14.7 Å². The van der Waals surface area contributed by atoms with Crippen molar-refractivity contribution in [2.45, 2.75) is 20.0 Å². The Bertz CT molecular complexity index is 1000. The van der Waals surface area contributed by atoms with Gasteiger partial charge in [0.05, 0.1) is 29.3 Å². The van der Waals surface area contributed by atoms with E-state index in [2.05, 4.69) is 5.32 Å². The van der Waals surface area contributed by atoms with E-state index in [1.807, 2.05) is 0 Å². The van der Waals surface area contributed by atoms with Gasteiger partial charge in [0.1, 0.15) is 6.29 Å². The van der Waals surface area contributed by atoms with Crippen molar-refractivity contribution in [1.82, 2.24) is 0 Å². The monoisotopic (exact) mass is 475 g/mol. The molecule has 0 atom stereocenters. The fourth-order valence-electron chi connectivity index (χ4n) is 3.13. The Morgan fingerprint density at radius 2 is 1.69 bits per heavy atom. The lowest BCUT2D eigenvalue weighted by atomic mass is 9.97. The summed E-state index contributed by atoms with van der Waals surface area (Å²) in [7, 11) is -0.287. The van der Waals surface area contributed by atoms with Gasteiger partial charge in [0.25, 0.3) is 5.69 Å². The molecule has 0 saturated carbocycles. The Morgan fingerprint density at radius 3 is 2.19 bits per heavy atom. The van der Waals surface area contributed by atoms with Crippen LogP contribution < -0.4 is 10.2 Å². The molecule has 0 spiro atoms. The Hall–Kier alpha value is -2.62. The van der Waals surface area contributed by atoms with Crippen LogP contribution in [0.4, 0.5) is 30.2 Å². The number of nitro benzene ring substituents is 1. The Morgan fingerprint density at radius 1 is 1.09 bits per heavy atom. The van der Waals surface area contributed by atoms with Crippen LogP contribution >= 0.6 is 7.60 Å². The third-order valence-corrected chi connectivity index (χ3v) is 6.28. The van der Waals surface area contributed by atoms with Gasteiger partial charge in [-0.15, -0.1) is 0 Å². The number of nitro groups is 1. The van der Waals surface area contributed by atoms with Gasteiger partial charge in [0, 0.05) is 37.1 Å². The van der Waals surface area contributed by atoms with Gasteiger partial charge >= 0.3 is 13.8 Å². The summed E-state index contributed by atoms with van der Waals surface area (Å²) in [5.74, 6) is 0. The van der Waals surface area contributed by atoms with Crippen molar-refractivity contribution in [3.8, 4) is 11.1 Å². The highest BCUT2D eigenvalue weighted by Crippen LogP contribution is 2.49. The van der Waals surface area contributed by atoms with E-state index in [9.17, 15) is 27.9 Å². The fourth-order valence-corrected chi connectivity index (χ4v) is 4.54. The first-order valence-corrected chi connectivity index (χ1v) is 11.4. The predicted octanol–water partition coefficient (Wildman–Crippen LogP) is 5.98. The lowest BCUT2D eigenvalue weighted by Gasteiger charge is -2.22. The number of rotatable bonds is 10. The summed E-state index contributed by atoms with van der Waals surface area (Å²) in [6, 6.07) is 8.16. The number of hydrogen-bond acceptors (Lipinski definition) is 7. The molecule has 0 aliphatic rings. The second kappa shape index (κ2) is 10.3. The first kappa shape index (κ1) is 25.6. The number of para-hydroxylation sites is 1. The second-order valence-corrected chi connectivity index (χ2v) is 8.92. The van der Waals surface area contributed by atoms with E-state index >= 15 is 0 Å². The van der Waals surface area contributed by atoms with Gasteiger partial charge in [0.15, 0.2) is 0 Å². The van der Waals surface area contributed by atoms with Crippen LogP contribution in [0, 0.1) is 10.1 Å². The van der Waals surface area contributed by atoms with Crippen LogP contribution in [0.2, 0.25) is 0 Å². The van der Waals surface area contributed by atoms with Gasteiger partial charge in [-0.2, -0.15) is 13.2 Å². The predicted molar refractivity (Wildman–Crippen MR) is 117 cm³/mol. The Labute approximate surface area is 184 Å². The van der Waals surface area contributed by atoms with E-state index in [1.165, 1.54) is 0 Å². The van der Waals surface area contributed by atoms with Crippen molar-refractivity contribution in [1.29, 1.82) is 0 Å². The second-order valence-electron chi connectivity index (χ2n) is 6.86. The summed E-state index contributed by atoms with van der Waals surface area (Å²) in [4.78, 5) is 12.5. The number of nitrogens with zero attached hydrogens (tertiary/aromatic N) is 2. The summed E-state index contributed by atoms with van der Waals surface area (Å²) in [5.41, 5.74) is -1.48. The van der Waals surface area contributed by atoms with E-state index in [0.29, 0.717) is 17.3 Å². The van der Waals surface area contributed by atoms with Crippen molar-refractivity contribution in [3.63, 3.8) is 0 Å². The van der Waals surface area contributed by atoms with E-state index in [1.54, 1.807) is 57.1 Å². The number of hydrogen-bond donors (Lipinski definition) is 1.